The molecular formula is C9H13NO2S. The minimum Gasteiger partial charge on any atom is -0.383 e. The van der Waals surface area contributed by atoms with Gasteiger partial charge in [-0.3, -0.25) is 0 Å². The molecule has 1 aromatic heterocycles. The minimum atomic E-state index is -0.784. The van der Waals surface area contributed by atoms with Crippen molar-refractivity contribution in [1.82, 2.24) is 4.37 Å². The van der Waals surface area contributed by atoms with E-state index in [2.05, 4.69) is 11.3 Å². The zero-order valence-corrected chi connectivity index (χ0v) is 8.38. The molecule has 13 heavy (non-hydrogen) atoms. The predicted octanol–water partition coefficient (Wildman–Crippen LogP) is 1.53. The number of ether oxygens (including phenoxy) is 1. The Bertz CT molecular complexity index is 275. The van der Waals surface area contributed by atoms with E-state index >= 15 is 0 Å². The number of aromatic nitrogens is 1. The van der Waals surface area contributed by atoms with Crippen molar-refractivity contribution in [3.8, 4) is 0 Å². The molecule has 72 valence electrons. The Morgan fingerprint density at radius 3 is 3.23 bits per heavy atom. The molecule has 1 saturated heterocycles. The fraction of sp³-hybridized carbons (Fsp3) is 0.667. The molecule has 1 aliphatic heterocycles. The predicted molar refractivity (Wildman–Crippen MR) is 50.7 cm³/mol. The molecule has 0 saturated carbocycles. The molecule has 2 rings (SSSR count). The summed E-state index contributed by atoms with van der Waals surface area (Å²) >= 11 is 1.37. The second-order valence-electron chi connectivity index (χ2n) is 3.49. The highest BCUT2D eigenvalue weighted by Gasteiger charge is 2.39. The second-order valence-corrected chi connectivity index (χ2v) is 4.15. The first-order valence-electron chi connectivity index (χ1n) is 4.48. The van der Waals surface area contributed by atoms with Gasteiger partial charge in [0.25, 0.3) is 0 Å². The Morgan fingerprint density at radius 2 is 2.69 bits per heavy atom. The number of aliphatic hydroxyl groups is 1. The van der Waals surface area contributed by atoms with E-state index in [0.29, 0.717) is 13.0 Å². The fourth-order valence-corrected chi connectivity index (χ4v) is 2.28. The van der Waals surface area contributed by atoms with Gasteiger partial charge in [-0.25, -0.2) is 4.37 Å². The normalized spacial score (nSPS) is 33.8. The largest absolute Gasteiger partial charge is 0.383 e. The van der Waals surface area contributed by atoms with Gasteiger partial charge in [-0.05, 0) is 18.0 Å². The number of rotatable bonds is 2. The van der Waals surface area contributed by atoms with Crippen LogP contribution in [0.15, 0.2) is 11.6 Å². The molecule has 0 radical (unpaired) electrons. The van der Waals surface area contributed by atoms with Crippen LogP contribution in [0.2, 0.25) is 0 Å². The van der Waals surface area contributed by atoms with Crippen molar-refractivity contribution in [2.75, 3.05) is 6.61 Å². The molecule has 0 amide bonds. The van der Waals surface area contributed by atoms with Gasteiger partial charge in [0.1, 0.15) is 5.60 Å². The van der Waals surface area contributed by atoms with Gasteiger partial charge in [0, 0.05) is 23.6 Å². The Hall–Kier alpha value is -0.450. The third-order valence-electron chi connectivity index (χ3n) is 2.55. The van der Waals surface area contributed by atoms with E-state index in [9.17, 15) is 5.11 Å². The summed E-state index contributed by atoms with van der Waals surface area (Å²) in [4.78, 5) is 0. The number of nitrogens with zero attached hydrogens (tertiary/aromatic N) is 1. The summed E-state index contributed by atoms with van der Waals surface area (Å²) in [7, 11) is 0. The SMILES string of the molecule is CCC1CC(O)(c2cnsc2)CO1. The molecule has 2 unspecified atom stereocenters. The first kappa shape index (κ1) is 9.12. The van der Waals surface area contributed by atoms with E-state index in [1.807, 2.05) is 5.38 Å². The van der Waals surface area contributed by atoms with Crippen LogP contribution in [0, 0.1) is 0 Å². The molecule has 1 fully saturated rings. The van der Waals surface area contributed by atoms with Gasteiger partial charge >= 0.3 is 0 Å². The quantitative estimate of drug-likeness (QED) is 0.785. The topological polar surface area (TPSA) is 42.4 Å². The summed E-state index contributed by atoms with van der Waals surface area (Å²) in [5, 5.41) is 12.1. The Morgan fingerprint density at radius 1 is 1.85 bits per heavy atom. The Labute approximate surface area is 81.5 Å². The first-order valence-corrected chi connectivity index (χ1v) is 5.32. The van der Waals surface area contributed by atoms with Crippen LogP contribution in [0.1, 0.15) is 25.3 Å². The van der Waals surface area contributed by atoms with Gasteiger partial charge in [0.15, 0.2) is 0 Å². The third-order valence-corrected chi connectivity index (χ3v) is 3.13. The average Bonchev–Trinajstić information content (AvgIpc) is 2.72. The molecule has 2 heterocycles. The van der Waals surface area contributed by atoms with Crippen LogP contribution in [0.4, 0.5) is 0 Å². The van der Waals surface area contributed by atoms with Gasteiger partial charge in [0.05, 0.1) is 12.7 Å². The maximum atomic E-state index is 10.2. The highest BCUT2D eigenvalue weighted by atomic mass is 32.1. The van der Waals surface area contributed by atoms with Gasteiger partial charge in [0.2, 0.25) is 0 Å². The smallest absolute Gasteiger partial charge is 0.118 e. The highest BCUT2D eigenvalue weighted by molar-refractivity contribution is 7.03. The number of hydrogen-bond donors (Lipinski definition) is 1. The maximum Gasteiger partial charge on any atom is 0.118 e. The van der Waals surface area contributed by atoms with Crippen LogP contribution in [0.3, 0.4) is 0 Å². The molecule has 1 aliphatic rings. The number of hydrogen-bond acceptors (Lipinski definition) is 4. The third kappa shape index (κ3) is 1.61. The fourth-order valence-electron chi connectivity index (χ4n) is 1.65. The lowest BCUT2D eigenvalue weighted by molar-refractivity contribution is 0.0182. The summed E-state index contributed by atoms with van der Waals surface area (Å²) < 4.78 is 9.46. The molecule has 0 aliphatic carbocycles. The summed E-state index contributed by atoms with van der Waals surface area (Å²) in [6.45, 7) is 2.48. The molecule has 4 heteroatoms. The van der Waals surface area contributed by atoms with Crippen LogP contribution in [0.25, 0.3) is 0 Å². The molecule has 3 nitrogen and oxygen atoms in total. The van der Waals surface area contributed by atoms with E-state index in [1.165, 1.54) is 11.5 Å². The van der Waals surface area contributed by atoms with Crippen molar-refractivity contribution < 1.29 is 9.84 Å². The van der Waals surface area contributed by atoms with E-state index < -0.39 is 5.60 Å². The van der Waals surface area contributed by atoms with Crippen molar-refractivity contribution in [1.29, 1.82) is 0 Å². The highest BCUT2D eigenvalue weighted by Crippen LogP contribution is 2.35. The zero-order valence-electron chi connectivity index (χ0n) is 7.56. The summed E-state index contributed by atoms with van der Waals surface area (Å²) in [6.07, 6.45) is 3.58. The summed E-state index contributed by atoms with van der Waals surface area (Å²) in [5.41, 5.74) is 0.113. The van der Waals surface area contributed by atoms with Crippen LogP contribution >= 0.6 is 11.5 Å². The zero-order chi connectivity index (χ0) is 9.31. The molecule has 1 aromatic rings. The van der Waals surface area contributed by atoms with Crippen molar-refractivity contribution in [2.24, 2.45) is 0 Å². The van der Waals surface area contributed by atoms with E-state index in [0.717, 1.165) is 12.0 Å². The lowest BCUT2D eigenvalue weighted by Gasteiger charge is -2.18. The second kappa shape index (κ2) is 3.36. The lowest BCUT2D eigenvalue weighted by Crippen LogP contribution is -2.25. The molecule has 0 aromatic carbocycles. The van der Waals surface area contributed by atoms with E-state index in [-0.39, 0.29) is 6.10 Å². The summed E-state index contributed by atoms with van der Waals surface area (Å²) in [6, 6.07) is 0. The lowest BCUT2D eigenvalue weighted by atomic mass is 9.93. The van der Waals surface area contributed by atoms with Gasteiger partial charge in [-0.2, -0.15) is 0 Å². The average molecular weight is 199 g/mol. The van der Waals surface area contributed by atoms with Crippen molar-refractivity contribution in [3.63, 3.8) is 0 Å². The standard InChI is InChI=1S/C9H13NO2S/c1-2-8-3-9(11,6-12-8)7-4-10-13-5-7/h4-5,8,11H,2-3,6H2,1H3. The minimum absolute atomic E-state index is 0.199. The van der Waals surface area contributed by atoms with Crippen LogP contribution in [-0.4, -0.2) is 22.2 Å². The van der Waals surface area contributed by atoms with E-state index in [4.69, 9.17) is 4.74 Å². The van der Waals surface area contributed by atoms with Gasteiger partial charge in [-0.15, -0.1) is 0 Å². The van der Waals surface area contributed by atoms with Crippen molar-refractivity contribution in [2.45, 2.75) is 31.5 Å². The summed E-state index contributed by atoms with van der Waals surface area (Å²) in [5.74, 6) is 0. The molecule has 0 bridgehead atoms. The van der Waals surface area contributed by atoms with Crippen LogP contribution < -0.4 is 0 Å². The Balaban J connectivity index is 2.15. The molecule has 2 atom stereocenters. The maximum absolute atomic E-state index is 10.2. The van der Waals surface area contributed by atoms with E-state index in [1.54, 1.807) is 6.20 Å². The van der Waals surface area contributed by atoms with Crippen LogP contribution in [-0.2, 0) is 10.3 Å². The molecule has 0 spiro atoms. The Kier molecular flexibility index (Phi) is 2.36. The monoisotopic (exact) mass is 199 g/mol. The molecule has 1 N–H and O–H groups in total. The van der Waals surface area contributed by atoms with Gasteiger partial charge in [-0.1, -0.05) is 6.92 Å². The van der Waals surface area contributed by atoms with Gasteiger partial charge < -0.3 is 9.84 Å². The van der Waals surface area contributed by atoms with Crippen molar-refractivity contribution in [3.05, 3.63) is 17.1 Å². The molecular weight excluding hydrogens is 186 g/mol. The van der Waals surface area contributed by atoms with Crippen molar-refractivity contribution >= 4 is 11.5 Å². The first-order chi connectivity index (χ1) is 6.24. The van der Waals surface area contributed by atoms with Crippen LogP contribution in [0.5, 0.6) is 0 Å².